The molecule has 0 saturated carbocycles. The Bertz CT molecular complexity index is 657. The van der Waals surface area contributed by atoms with Crippen molar-refractivity contribution in [1.82, 2.24) is 0 Å². The average Bonchev–Trinajstić information content (AvgIpc) is 2.81. The Morgan fingerprint density at radius 2 is 1.67 bits per heavy atom. The van der Waals surface area contributed by atoms with Crippen LogP contribution in [0.15, 0.2) is 10.2 Å². The van der Waals surface area contributed by atoms with Gasteiger partial charge in [-0.3, -0.25) is 0 Å². The first-order valence-electron chi connectivity index (χ1n) is 13.2. The van der Waals surface area contributed by atoms with Crippen LogP contribution < -0.4 is 5.73 Å². The van der Waals surface area contributed by atoms with Gasteiger partial charge in [-0.2, -0.15) is 0 Å². The van der Waals surface area contributed by atoms with Gasteiger partial charge in [0.15, 0.2) is 14.4 Å². The molecule has 0 fully saturated rings. The van der Waals surface area contributed by atoms with Crippen molar-refractivity contribution < 1.29 is 28.5 Å². The Labute approximate surface area is 235 Å². The maximum atomic E-state index is 12.5. The molecular weight excluding hydrogens is 589 g/mol. The molecule has 0 spiro atoms. The third-order valence-corrected chi connectivity index (χ3v) is 12.7. The molecule has 0 aromatic heterocycles. The van der Waals surface area contributed by atoms with Crippen molar-refractivity contribution in [2.45, 2.75) is 129 Å². The lowest BCUT2D eigenvalue weighted by atomic mass is 9.86. The van der Waals surface area contributed by atoms with Gasteiger partial charge in [0.1, 0.15) is 6.10 Å². The van der Waals surface area contributed by atoms with Crippen molar-refractivity contribution in [2.24, 2.45) is 17.6 Å². The molecule has 0 radical (unpaired) electrons. The summed E-state index contributed by atoms with van der Waals surface area (Å²) in [6.07, 6.45) is 2.69. The SMILES string of the molecule is CC[C@H](C[C@H](OC)[C@@H](N)CC[C@@H](OC(=O)[C@@H](C)OC)[C@H](C)[C@H](O)[C@H](C)/C=C/I)O[Si](C)(C)C(C)(C)C. The summed E-state index contributed by atoms with van der Waals surface area (Å²) < 4.78 is 25.3. The highest BCUT2D eigenvalue weighted by atomic mass is 127. The van der Waals surface area contributed by atoms with Crippen LogP contribution in [-0.2, 0) is 23.4 Å². The molecule has 0 aromatic carbocycles. The maximum Gasteiger partial charge on any atom is 0.335 e. The normalized spacial score (nSPS) is 19.8. The smallest absolute Gasteiger partial charge is 0.335 e. The maximum absolute atomic E-state index is 12.5. The summed E-state index contributed by atoms with van der Waals surface area (Å²) in [5.41, 5.74) is 6.62. The van der Waals surface area contributed by atoms with E-state index < -0.39 is 32.6 Å². The Kier molecular flexibility index (Phi) is 16.8. The lowest BCUT2D eigenvalue weighted by Gasteiger charge is -2.40. The highest BCUT2D eigenvalue weighted by Gasteiger charge is 2.39. The molecule has 7 nitrogen and oxygen atoms in total. The van der Waals surface area contributed by atoms with Crippen molar-refractivity contribution in [3.8, 4) is 0 Å². The van der Waals surface area contributed by atoms with Crippen molar-refractivity contribution >= 4 is 36.9 Å². The number of rotatable bonds is 17. The van der Waals surface area contributed by atoms with E-state index in [9.17, 15) is 9.90 Å². The van der Waals surface area contributed by atoms with Crippen molar-refractivity contribution in [2.75, 3.05) is 14.2 Å². The fraction of sp³-hybridized carbons (Fsp3) is 0.889. The number of esters is 1. The predicted molar refractivity (Wildman–Crippen MR) is 159 cm³/mol. The Balaban J connectivity index is 5.46. The molecule has 8 atom stereocenters. The lowest BCUT2D eigenvalue weighted by molar-refractivity contribution is -0.165. The lowest BCUT2D eigenvalue weighted by Crippen LogP contribution is -2.46. The molecule has 0 aliphatic heterocycles. The van der Waals surface area contributed by atoms with Crippen LogP contribution in [0, 0.1) is 11.8 Å². The molecule has 0 aromatic rings. The van der Waals surface area contributed by atoms with Crippen LogP contribution in [-0.4, -0.2) is 70.2 Å². The molecule has 36 heavy (non-hydrogen) atoms. The van der Waals surface area contributed by atoms with E-state index in [1.807, 2.05) is 24.0 Å². The quantitative estimate of drug-likeness (QED) is 0.117. The minimum absolute atomic E-state index is 0.0692. The number of aliphatic hydroxyl groups excluding tert-OH is 1. The van der Waals surface area contributed by atoms with Crippen LogP contribution in [0.1, 0.15) is 74.1 Å². The zero-order valence-electron chi connectivity index (χ0n) is 24.5. The molecule has 0 saturated heterocycles. The predicted octanol–water partition coefficient (Wildman–Crippen LogP) is 5.83. The molecular formula is C27H54INO6Si. The summed E-state index contributed by atoms with van der Waals surface area (Å²) in [5.74, 6) is -0.792. The second kappa shape index (κ2) is 16.8. The van der Waals surface area contributed by atoms with E-state index in [4.69, 9.17) is 24.4 Å². The van der Waals surface area contributed by atoms with E-state index in [-0.39, 0.29) is 35.1 Å². The van der Waals surface area contributed by atoms with Gasteiger partial charge in [0.05, 0.1) is 12.2 Å². The van der Waals surface area contributed by atoms with Crippen LogP contribution in [0.4, 0.5) is 0 Å². The standard InChI is InChI=1S/C27H54INO6Si/c1-12-21(35-36(10,11)27(5,6)7)17-24(33-9)22(29)13-14-23(34-26(31)20(4)32-8)19(3)25(30)18(2)15-16-28/h15-16,18-25,30H,12-14,17,29H2,1-11H3/b16-15+/t18-,19+,20-,21-,22+,23-,24+,25-/m1/s1. The monoisotopic (exact) mass is 643 g/mol. The molecule has 0 heterocycles. The van der Waals surface area contributed by atoms with Crippen LogP contribution in [0.25, 0.3) is 0 Å². The fourth-order valence-corrected chi connectivity index (χ4v) is 5.94. The van der Waals surface area contributed by atoms with E-state index in [0.717, 1.165) is 6.42 Å². The average molecular weight is 644 g/mol. The first-order chi connectivity index (χ1) is 16.6. The van der Waals surface area contributed by atoms with E-state index in [1.165, 1.54) is 7.11 Å². The fourth-order valence-electron chi connectivity index (χ4n) is 3.84. The molecule has 0 unspecified atom stereocenters. The summed E-state index contributed by atoms with van der Waals surface area (Å²) in [4.78, 5) is 12.5. The van der Waals surface area contributed by atoms with E-state index in [2.05, 4.69) is 63.4 Å². The number of aliphatic hydroxyl groups is 1. The number of hydrogen-bond acceptors (Lipinski definition) is 7. The van der Waals surface area contributed by atoms with Crippen molar-refractivity contribution in [3.05, 3.63) is 10.2 Å². The minimum atomic E-state index is -1.92. The second-order valence-electron chi connectivity index (χ2n) is 11.5. The number of halogens is 1. The molecule has 0 rings (SSSR count). The van der Waals surface area contributed by atoms with E-state index in [0.29, 0.717) is 19.3 Å². The van der Waals surface area contributed by atoms with Gasteiger partial charge in [0, 0.05) is 44.6 Å². The van der Waals surface area contributed by atoms with Gasteiger partial charge in [-0.05, 0) is 48.4 Å². The van der Waals surface area contributed by atoms with Gasteiger partial charge in [-0.1, -0.05) is 70.2 Å². The Morgan fingerprint density at radius 3 is 2.11 bits per heavy atom. The largest absolute Gasteiger partial charge is 0.460 e. The summed E-state index contributed by atoms with van der Waals surface area (Å²) in [6.45, 7) is 18.9. The number of carbonyl (C=O) groups excluding carboxylic acids is 1. The van der Waals surface area contributed by atoms with Gasteiger partial charge >= 0.3 is 5.97 Å². The molecule has 0 aliphatic carbocycles. The molecule has 3 N–H and O–H groups in total. The van der Waals surface area contributed by atoms with Crippen LogP contribution in [0.3, 0.4) is 0 Å². The minimum Gasteiger partial charge on any atom is -0.460 e. The van der Waals surface area contributed by atoms with E-state index >= 15 is 0 Å². The zero-order valence-corrected chi connectivity index (χ0v) is 27.7. The first kappa shape index (κ1) is 36.0. The number of nitrogens with two attached hydrogens (primary N) is 1. The number of carbonyl (C=O) groups is 1. The van der Waals surface area contributed by atoms with Gasteiger partial charge in [0.25, 0.3) is 0 Å². The van der Waals surface area contributed by atoms with Gasteiger partial charge < -0.3 is 29.5 Å². The van der Waals surface area contributed by atoms with Crippen molar-refractivity contribution in [3.63, 3.8) is 0 Å². The second-order valence-corrected chi connectivity index (χ2v) is 17.0. The third-order valence-electron chi connectivity index (χ3n) is 7.78. The third kappa shape index (κ3) is 11.8. The van der Waals surface area contributed by atoms with Crippen LogP contribution >= 0.6 is 22.6 Å². The number of ether oxygens (including phenoxy) is 3. The topological polar surface area (TPSA) is 100 Å². The van der Waals surface area contributed by atoms with Crippen LogP contribution in [0.5, 0.6) is 0 Å². The van der Waals surface area contributed by atoms with Gasteiger partial charge in [-0.15, -0.1) is 0 Å². The molecule has 0 aliphatic rings. The first-order valence-corrected chi connectivity index (χ1v) is 17.4. The molecule has 0 amide bonds. The molecule has 9 heteroatoms. The van der Waals surface area contributed by atoms with Gasteiger partial charge in [-0.25, -0.2) is 4.79 Å². The summed E-state index contributed by atoms with van der Waals surface area (Å²) in [7, 11) is 1.24. The molecule has 214 valence electrons. The highest BCUT2D eigenvalue weighted by molar-refractivity contribution is 14.1. The Morgan fingerprint density at radius 1 is 1.08 bits per heavy atom. The molecule has 0 bridgehead atoms. The summed E-state index contributed by atoms with van der Waals surface area (Å²) in [6, 6.07) is -0.260. The Hall–Kier alpha value is -0.0431. The number of hydrogen-bond donors (Lipinski definition) is 2. The van der Waals surface area contributed by atoms with Gasteiger partial charge in [0.2, 0.25) is 0 Å². The van der Waals surface area contributed by atoms with Crippen LogP contribution in [0.2, 0.25) is 18.1 Å². The number of methoxy groups -OCH3 is 2. The summed E-state index contributed by atoms with van der Waals surface area (Å²) >= 11 is 2.14. The van der Waals surface area contributed by atoms with E-state index in [1.54, 1.807) is 14.0 Å². The highest BCUT2D eigenvalue weighted by Crippen LogP contribution is 2.38. The zero-order chi connectivity index (χ0) is 28.3. The summed E-state index contributed by atoms with van der Waals surface area (Å²) in [5, 5.41) is 11.0. The van der Waals surface area contributed by atoms with Crippen molar-refractivity contribution in [1.29, 1.82) is 0 Å².